The topological polar surface area (TPSA) is 12.0 Å². The molecular weight excluding hydrogens is 178 g/mol. The molecule has 1 fully saturated rings. The highest BCUT2D eigenvalue weighted by atomic mass is 32.2. The van der Waals surface area contributed by atoms with Gasteiger partial charge in [-0.1, -0.05) is 33.6 Å². The monoisotopic (exact) mass is 201 g/mol. The van der Waals surface area contributed by atoms with Gasteiger partial charge in [0.1, 0.15) is 0 Å². The van der Waals surface area contributed by atoms with E-state index in [1.54, 1.807) is 0 Å². The van der Waals surface area contributed by atoms with E-state index in [1.807, 2.05) is 0 Å². The van der Waals surface area contributed by atoms with Crippen molar-refractivity contribution in [3.63, 3.8) is 0 Å². The van der Waals surface area contributed by atoms with Gasteiger partial charge in [-0.25, -0.2) is 0 Å². The Morgan fingerprint density at radius 3 is 2.38 bits per heavy atom. The van der Waals surface area contributed by atoms with Crippen LogP contribution >= 0.6 is 11.8 Å². The Kier molecular flexibility index (Phi) is 5.18. The lowest BCUT2D eigenvalue weighted by Crippen LogP contribution is -2.29. The van der Waals surface area contributed by atoms with E-state index < -0.39 is 0 Å². The van der Waals surface area contributed by atoms with Gasteiger partial charge in [0, 0.05) is 23.1 Å². The van der Waals surface area contributed by atoms with Gasteiger partial charge in [0.05, 0.1) is 0 Å². The molecule has 1 atom stereocenters. The van der Waals surface area contributed by atoms with E-state index in [4.69, 9.17) is 0 Å². The number of hydrogen-bond donors (Lipinski definition) is 1. The molecule has 0 saturated heterocycles. The smallest absolute Gasteiger partial charge is 0.0147 e. The van der Waals surface area contributed by atoms with E-state index in [2.05, 4.69) is 37.8 Å². The summed E-state index contributed by atoms with van der Waals surface area (Å²) in [6.07, 6.45) is 5.83. The predicted octanol–water partition coefficient (Wildman–Crippen LogP) is 3.05. The van der Waals surface area contributed by atoms with Gasteiger partial charge in [-0.2, -0.15) is 11.8 Å². The predicted molar refractivity (Wildman–Crippen MR) is 62.4 cm³/mol. The molecule has 13 heavy (non-hydrogen) atoms. The maximum absolute atomic E-state index is 3.50. The Hall–Kier alpha value is 0.310. The van der Waals surface area contributed by atoms with Crippen LogP contribution in [-0.2, 0) is 0 Å². The molecule has 0 aromatic rings. The Morgan fingerprint density at radius 1 is 1.23 bits per heavy atom. The minimum atomic E-state index is 0.631. The third-order valence-electron chi connectivity index (χ3n) is 2.54. The maximum Gasteiger partial charge on any atom is 0.0147 e. The van der Waals surface area contributed by atoms with Crippen molar-refractivity contribution < 1.29 is 0 Å². The van der Waals surface area contributed by atoms with Gasteiger partial charge in [0.25, 0.3) is 0 Å². The van der Waals surface area contributed by atoms with Gasteiger partial charge >= 0.3 is 0 Å². The Balaban J connectivity index is 2.05. The average molecular weight is 201 g/mol. The maximum atomic E-state index is 3.50. The summed E-state index contributed by atoms with van der Waals surface area (Å²) in [6, 6.07) is 0.631. The third-order valence-corrected chi connectivity index (χ3v) is 4.03. The van der Waals surface area contributed by atoms with Gasteiger partial charge in [0.15, 0.2) is 0 Å². The second-order valence-corrected chi connectivity index (χ2v) is 6.16. The molecule has 1 unspecified atom stereocenters. The molecule has 78 valence electrons. The van der Waals surface area contributed by atoms with Crippen molar-refractivity contribution in [3.05, 3.63) is 0 Å². The fourth-order valence-corrected chi connectivity index (χ4v) is 3.26. The first-order chi connectivity index (χ1) is 6.18. The first-order valence-corrected chi connectivity index (χ1v) is 6.51. The lowest BCUT2D eigenvalue weighted by atomic mass is 10.3. The molecule has 0 bridgehead atoms. The van der Waals surface area contributed by atoms with Crippen LogP contribution in [0.5, 0.6) is 0 Å². The molecule has 2 heteroatoms. The number of thioether (sulfide) groups is 1. The van der Waals surface area contributed by atoms with Crippen LogP contribution in [0.3, 0.4) is 0 Å². The van der Waals surface area contributed by atoms with Crippen LogP contribution in [0.1, 0.15) is 46.5 Å². The Bertz CT molecular complexity index is 130. The standard InChI is InChI=1S/C11H23NS/c1-9(2)12-8-10(3)13-11-6-4-5-7-11/h9-12H,4-8H2,1-3H3. The summed E-state index contributed by atoms with van der Waals surface area (Å²) >= 11 is 2.19. The Labute approximate surface area is 87.1 Å². The third kappa shape index (κ3) is 4.92. The molecule has 0 aromatic heterocycles. The van der Waals surface area contributed by atoms with Crippen molar-refractivity contribution in [3.8, 4) is 0 Å². The van der Waals surface area contributed by atoms with Crippen LogP contribution in [0.2, 0.25) is 0 Å². The molecule has 1 N–H and O–H groups in total. The Morgan fingerprint density at radius 2 is 1.85 bits per heavy atom. The molecule has 1 saturated carbocycles. The van der Waals surface area contributed by atoms with Crippen molar-refractivity contribution in [2.24, 2.45) is 0 Å². The molecule has 0 radical (unpaired) electrons. The molecule has 1 aliphatic rings. The number of hydrogen-bond acceptors (Lipinski definition) is 2. The van der Waals surface area contributed by atoms with Gasteiger partial charge < -0.3 is 5.32 Å². The summed E-state index contributed by atoms with van der Waals surface area (Å²) in [5.41, 5.74) is 0. The lowest BCUT2D eigenvalue weighted by Gasteiger charge is -2.18. The van der Waals surface area contributed by atoms with E-state index in [0.717, 1.165) is 10.5 Å². The number of nitrogens with one attached hydrogen (secondary N) is 1. The SMILES string of the molecule is CC(C)NCC(C)SC1CCCC1. The zero-order valence-electron chi connectivity index (χ0n) is 9.18. The molecule has 0 spiro atoms. The van der Waals surface area contributed by atoms with Crippen LogP contribution in [0.25, 0.3) is 0 Å². The van der Waals surface area contributed by atoms with Gasteiger partial charge in [-0.05, 0) is 12.8 Å². The normalized spacial score (nSPS) is 21.2. The zero-order chi connectivity index (χ0) is 9.68. The van der Waals surface area contributed by atoms with Crippen molar-refractivity contribution in [1.29, 1.82) is 0 Å². The average Bonchev–Trinajstić information content (AvgIpc) is 2.53. The van der Waals surface area contributed by atoms with Crippen molar-refractivity contribution in [2.75, 3.05) is 6.54 Å². The van der Waals surface area contributed by atoms with E-state index in [9.17, 15) is 0 Å². The highest BCUT2D eigenvalue weighted by molar-refractivity contribution is 8.00. The van der Waals surface area contributed by atoms with Crippen LogP contribution in [0.15, 0.2) is 0 Å². The van der Waals surface area contributed by atoms with Gasteiger partial charge in [0.2, 0.25) is 0 Å². The summed E-state index contributed by atoms with van der Waals surface area (Å²) in [5.74, 6) is 0. The van der Waals surface area contributed by atoms with Gasteiger partial charge in [-0.3, -0.25) is 0 Å². The second-order valence-electron chi connectivity index (χ2n) is 4.42. The summed E-state index contributed by atoms with van der Waals surface area (Å²) in [4.78, 5) is 0. The van der Waals surface area contributed by atoms with Crippen molar-refractivity contribution in [1.82, 2.24) is 5.32 Å². The molecule has 0 aromatic carbocycles. The molecule has 1 aliphatic carbocycles. The van der Waals surface area contributed by atoms with Crippen molar-refractivity contribution >= 4 is 11.8 Å². The van der Waals surface area contributed by atoms with E-state index >= 15 is 0 Å². The van der Waals surface area contributed by atoms with Crippen LogP contribution < -0.4 is 5.32 Å². The first-order valence-electron chi connectivity index (χ1n) is 5.57. The summed E-state index contributed by atoms with van der Waals surface area (Å²) in [5, 5.41) is 5.24. The fourth-order valence-electron chi connectivity index (χ4n) is 1.80. The lowest BCUT2D eigenvalue weighted by molar-refractivity contribution is 0.588. The van der Waals surface area contributed by atoms with E-state index in [1.165, 1.54) is 32.2 Å². The zero-order valence-corrected chi connectivity index (χ0v) is 9.99. The summed E-state index contributed by atoms with van der Waals surface area (Å²) in [7, 11) is 0. The largest absolute Gasteiger partial charge is 0.313 e. The molecule has 0 amide bonds. The minimum absolute atomic E-state index is 0.631. The highest BCUT2D eigenvalue weighted by Gasteiger charge is 2.17. The fraction of sp³-hybridized carbons (Fsp3) is 1.00. The van der Waals surface area contributed by atoms with Crippen LogP contribution in [-0.4, -0.2) is 23.1 Å². The van der Waals surface area contributed by atoms with E-state index in [0.29, 0.717) is 6.04 Å². The van der Waals surface area contributed by atoms with Gasteiger partial charge in [-0.15, -0.1) is 0 Å². The summed E-state index contributed by atoms with van der Waals surface area (Å²) < 4.78 is 0. The molecule has 0 aliphatic heterocycles. The quantitative estimate of drug-likeness (QED) is 0.734. The van der Waals surface area contributed by atoms with Crippen LogP contribution in [0, 0.1) is 0 Å². The first kappa shape index (κ1) is 11.4. The van der Waals surface area contributed by atoms with Crippen molar-refractivity contribution in [2.45, 2.75) is 63.0 Å². The van der Waals surface area contributed by atoms with E-state index in [-0.39, 0.29) is 0 Å². The number of rotatable bonds is 5. The van der Waals surface area contributed by atoms with Crippen LogP contribution in [0.4, 0.5) is 0 Å². The molecule has 0 heterocycles. The summed E-state index contributed by atoms with van der Waals surface area (Å²) in [6.45, 7) is 7.94. The molecule has 1 nitrogen and oxygen atoms in total. The highest BCUT2D eigenvalue weighted by Crippen LogP contribution is 2.31. The second kappa shape index (κ2) is 5.92. The molecule has 1 rings (SSSR count). The minimum Gasteiger partial charge on any atom is -0.313 e. The molecular formula is C11H23NS.